The van der Waals surface area contributed by atoms with Gasteiger partial charge in [-0.15, -0.1) is 10.2 Å². The topological polar surface area (TPSA) is 136 Å². The summed E-state index contributed by atoms with van der Waals surface area (Å²) in [6.07, 6.45) is 0. The number of phenolic OH excluding ortho intramolecular Hbond substituents is 1. The molecule has 0 saturated carbocycles. The average Bonchev–Trinajstić information content (AvgIpc) is 3.32. The Hall–Kier alpha value is -3.19. The van der Waals surface area contributed by atoms with Crippen molar-refractivity contribution < 1.29 is 27.1 Å². The summed E-state index contributed by atoms with van der Waals surface area (Å²) in [5.74, 6) is 0.531. The maximum absolute atomic E-state index is 12.9. The third-order valence-electron chi connectivity index (χ3n) is 5.26. The normalized spacial score (nSPS) is 15.1. The number of rotatable bonds is 6. The minimum atomic E-state index is -3.66. The first-order valence-corrected chi connectivity index (χ1v) is 12.7. The molecule has 5 rings (SSSR count). The highest BCUT2D eigenvalue weighted by Gasteiger charge is 2.27. The van der Waals surface area contributed by atoms with E-state index in [2.05, 4.69) is 10.2 Å². The van der Waals surface area contributed by atoms with Crippen LogP contribution in [0.5, 0.6) is 5.75 Å². The molecule has 1 fully saturated rings. The SMILES string of the molecule is O=c1cc(CSc2nnc(-c3cccc(S(=O)(=O)N4CCOCC4)c3)o2)c2ccc(O)cc2o1. The number of morpholine rings is 1. The zero-order valence-electron chi connectivity index (χ0n) is 17.7. The second-order valence-corrected chi connectivity index (χ2v) is 10.3. The number of hydrogen-bond acceptors (Lipinski definition) is 10. The van der Waals surface area contributed by atoms with Gasteiger partial charge >= 0.3 is 5.63 Å². The van der Waals surface area contributed by atoms with Gasteiger partial charge in [0.1, 0.15) is 11.3 Å². The standard InChI is InChI=1S/C22H19N3O7S2/c26-16-4-5-18-15(11-20(27)31-19(18)12-16)13-33-22-24-23-21(32-22)14-2-1-3-17(10-14)34(28,29)25-6-8-30-9-7-25/h1-5,10-12,26H,6-9,13H2. The van der Waals surface area contributed by atoms with E-state index in [1.807, 2.05) is 0 Å². The average molecular weight is 502 g/mol. The van der Waals surface area contributed by atoms with E-state index >= 15 is 0 Å². The maximum Gasteiger partial charge on any atom is 0.336 e. The van der Waals surface area contributed by atoms with Crippen molar-refractivity contribution in [3.63, 3.8) is 0 Å². The molecule has 34 heavy (non-hydrogen) atoms. The Balaban J connectivity index is 1.36. The van der Waals surface area contributed by atoms with Crippen LogP contribution >= 0.6 is 11.8 Å². The molecule has 1 saturated heterocycles. The minimum absolute atomic E-state index is 0.000129. The van der Waals surface area contributed by atoms with Gasteiger partial charge < -0.3 is 18.7 Å². The number of aromatic hydroxyl groups is 1. The van der Waals surface area contributed by atoms with Crippen LogP contribution in [-0.4, -0.2) is 54.3 Å². The molecule has 0 atom stereocenters. The highest BCUT2D eigenvalue weighted by molar-refractivity contribution is 7.98. The van der Waals surface area contributed by atoms with Gasteiger partial charge in [-0.2, -0.15) is 4.31 Å². The summed E-state index contributed by atoms with van der Waals surface area (Å²) in [7, 11) is -3.66. The summed E-state index contributed by atoms with van der Waals surface area (Å²) in [6, 6.07) is 12.3. The molecule has 1 N–H and O–H groups in total. The Bertz CT molecular complexity index is 1510. The summed E-state index contributed by atoms with van der Waals surface area (Å²) in [5, 5.41) is 18.7. The van der Waals surface area contributed by atoms with Crippen molar-refractivity contribution in [3.8, 4) is 17.2 Å². The van der Waals surface area contributed by atoms with Crippen molar-refractivity contribution in [2.45, 2.75) is 15.9 Å². The summed E-state index contributed by atoms with van der Waals surface area (Å²) < 4.78 is 43.4. The number of fused-ring (bicyclic) bond motifs is 1. The molecule has 1 aliphatic heterocycles. The third kappa shape index (κ3) is 4.57. The van der Waals surface area contributed by atoms with Crippen LogP contribution in [0.25, 0.3) is 22.4 Å². The molecule has 0 unspecified atom stereocenters. The predicted octanol–water partition coefficient (Wildman–Crippen LogP) is 2.86. The van der Waals surface area contributed by atoms with Gasteiger partial charge in [-0.05, 0) is 35.9 Å². The molecule has 12 heteroatoms. The Morgan fingerprint density at radius 3 is 2.68 bits per heavy atom. The van der Waals surface area contributed by atoms with E-state index in [0.717, 1.165) is 0 Å². The van der Waals surface area contributed by atoms with Crippen LogP contribution in [0.15, 0.2) is 72.3 Å². The molecule has 3 heterocycles. The van der Waals surface area contributed by atoms with Crippen LogP contribution in [0.3, 0.4) is 0 Å². The maximum atomic E-state index is 12.9. The van der Waals surface area contributed by atoms with Crippen LogP contribution in [-0.2, 0) is 20.5 Å². The van der Waals surface area contributed by atoms with Gasteiger partial charge in [0.2, 0.25) is 15.9 Å². The fourth-order valence-corrected chi connectivity index (χ4v) is 5.80. The highest BCUT2D eigenvalue weighted by Crippen LogP contribution is 2.30. The molecule has 0 aliphatic carbocycles. The largest absolute Gasteiger partial charge is 0.508 e. The second-order valence-electron chi connectivity index (χ2n) is 7.48. The molecule has 0 amide bonds. The number of benzene rings is 2. The molecular weight excluding hydrogens is 482 g/mol. The van der Waals surface area contributed by atoms with Crippen LogP contribution in [0.1, 0.15) is 5.56 Å². The molecule has 2 aromatic carbocycles. The van der Waals surface area contributed by atoms with E-state index in [4.69, 9.17) is 13.6 Å². The molecule has 4 aromatic rings. The number of hydrogen-bond donors (Lipinski definition) is 1. The van der Waals surface area contributed by atoms with Gasteiger partial charge in [0.05, 0.1) is 18.1 Å². The van der Waals surface area contributed by atoms with E-state index in [9.17, 15) is 18.3 Å². The fraction of sp³-hybridized carbons (Fsp3) is 0.227. The predicted molar refractivity (Wildman–Crippen MR) is 123 cm³/mol. The van der Waals surface area contributed by atoms with Crippen molar-refractivity contribution in [3.05, 3.63) is 64.5 Å². The Kier molecular flexibility index (Phi) is 6.13. The molecule has 2 aromatic heterocycles. The van der Waals surface area contributed by atoms with E-state index in [-0.39, 0.29) is 27.3 Å². The summed E-state index contributed by atoms with van der Waals surface area (Å²) in [6.45, 7) is 1.34. The number of sulfonamides is 1. The lowest BCUT2D eigenvalue weighted by molar-refractivity contribution is 0.0730. The number of ether oxygens (including phenoxy) is 1. The van der Waals surface area contributed by atoms with E-state index in [1.165, 1.54) is 46.4 Å². The van der Waals surface area contributed by atoms with Gasteiger partial charge in [0.15, 0.2) is 0 Å². The van der Waals surface area contributed by atoms with Crippen LogP contribution in [0, 0.1) is 0 Å². The first-order chi connectivity index (χ1) is 16.4. The highest BCUT2D eigenvalue weighted by atomic mass is 32.2. The molecule has 176 valence electrons. The van der Waals surface area contributed by atoms with Crippen LogP contribution < -0.4 is 5.63 Å². The first-order valence-electron chi connectivity index (χ1n) is 10.3. The van der Waals surface area contributed by atoms with E-state index in [0.29, 0.717) is 48.6 Å². The Morgan fingerprint density at radius 1 is 1.03 bits per heavy atom. The zero-order valence-corrected chi connectivity index (χ0v) is 19.3. The summed E-state index contributed by atoms with van der Waals surface area (Å²) in [5.41, 5.74) is 0.926. The smallest absolute Gasteiger partial charge is 0.336 e. The molecule has 10 nitrogen and oxygen atoms in total. The van der Waals surface area contributed by atoms with Crippen molar-refractivity contribution in [1.82, 2.24) is 14.5 Å². The third-order valence-corrected chi connectivity index (χ3v) is 8.02. The molecular formula is C22H19N3O7S2. The lowest BCUT2D eigenvalue weighted by Gasteiger charge is -2.26. The number of thioether (sulfide) groups is 1. The van der Waals surface area contributed by atoms with E-state index < -0.39 is 15.6 Å². The quantitative estimate of drug-likeness (QED) is 0.310. The number of aromatic nitrogens is 2. The molecule has 0 spiro atoms. The van der Waals surface area contributed by atoms with Crippen molar-refractivity contribution in [2.24, 2.45) is 0 Å². The van der Waals surface area contributed by atoms with Gasteiger partial charge in [0, 0.05) is 41.9 Å². The minimum Gasteiger partial charge on any atom is -0.508 e. The summed E-state index contributed by atoms with van der Waals surface area (Å²) in [4.78, 5) is 12.0. The van der Waals surface area contributed by atoms with Gasteiger partial charge in [-0.25, -0.2) is 13.2 Å². The Labute approximate surface area is 198 Å². The zero-order chi connectivity index (χ0) is 23.7. The van der Waals surface area contributed by atoms with Crippen molar-refractivity contribution in [2.75, 3.05) is 26.3 Å². The van der Waals surface area contributed by atoms with Crippen molar-refractivity contribution >= 4 is 32.8 Å². The van der Waals surface area contributed by atoms with Gasteiger partial charge in [-0.3, -0.25) is 0 Å². The first kappa shape index (κ1) is 22.6. The molecule has 1 aliphatic rings. The fourth-order valence-electron chi connectivity index (χ4n) is 3.59. The monoisotopic (exact) mass is 501 g/mol. The number of phenols is 1. The molecule has 0 radical (unpaired) electrons. The lowest BCUT2D eigenvalue weighted by Crippen LogP contribution is -2.40. The second kappa shape index (κ2) is 9.22. The number of nitrogens with zero attached hydrogens (tertiary/aromatic N) is 3. The molecule has 0 bridgehead atoms. The van der Waals surface area contributed by atoms with Gasteiger partial charge in [0.25, 0.3) is 5.22 Å². The summed E-state index contributed by atoms with van der Waals surface area (Å²) >= 11 is 1.23. The lowest BCUT2D eigenvalue weighted by atomic mass is 10.1. The van der Waals surface area contributed by atoms with Crippen LogP contribution in [0.2, 0.25) is 0 Å². The van der Waals surface area contributed by atoms with Gasteiger partial charge in [-0.1, -0.05) is 17.8 Å². The Morgan fingerprint density at radius 2 is 1.85 bits per heavy atom. The van der Waals surface area contributed by atoms with Crippen LogP contribution in [0.4, 0.5) is 0 Å². The van der Waals surface area contributed by atoms with E-state index in [1.54, 1.807) is 18.2 Å². The van der Waals surface area contributed by atoms with Crippen molar-refractivity contribution in [1.29, 1.82) is 0 Å².